The summed E-state index contributed by atoms with van der Waals surface area (Å²) >= 11 is 3.60. The number of halogens is 1. The molecular formula is C21H36BrN3O3. The smallest absolute Gasteiger partial charge is 0.258 e. The summed E-state index contributed by atoms with van der Waals surface area (Å²) in [6, 6.07) is 3.78. The minimum absolute atomic E-state index is 0.0565. The van der Waals surface area contributed by atoms with Crippen LogP contribution in [0.2, 0.25) is 0 Å². The van der Waals surface area contributed by atoms with Crippen LogP contribution in [0.1, 0.15) is 46.6 Å². The van der Waals surface area contributed by atoms with Crippen molar-refractivity contribution in [3.63, 3.8) is 0 Å². The predicted molar refractivity (Wildman–Crippen MR) is 118 cm³/mol. The van der Waals surface area contributed by atoms with Crippen molar-refractivity contribution in [2.24, 2.45) is 0 Å². The normalized spacial score (nSPS) is 11.6. The van der Waals surface area contributed by atoms with E-state index in [0.29, 0.717) is 18.0 Å². The summed E-state index contributed by atoms with van der Waals surface area (Å²) in [5, 5.41) is 6.38. The molecule has 0 aliphatic heterocycles. The molecule has 1 amide bonds. The monoisotopic (exact) mass is 457 g/mol. The lowest BCUT2D eigenvalue weighted by Gasteiger charge is -2.22. The van der Waals surface area contributed by atoms with Gasteiger partial charge >= 0.3 is 0 Å². The molecule has 0 heterocycles. The maximum Gasteiger partial charge on any atom is 0.258 e. The highest BCUT2D eigenvalue weighted by Gasteiger charge is 2.18. The summed E-state index contributed by atoms with van der Waals surface area (Å²) in [4.78, 5) is 14.5. The minimum Gasteiger partial charge on any atom is -0.493 e. The van der Waals surface area contributed by atoms with Crippen LogP contribution >= 0.6 is 15.9 Å². The first-order valence-corrected chi connectivity index (χ1v) is 10.7. The van der Waals surface area contributed by atoms with Crippen molar-refractivity contribution < 1.29 is 14.3 Å². The molecule has 0 saturated carbocycles. The second-order valence-electron chi connectivity index (χ2n) is 7.70. The maximum atomic E-state index is 12.1. The van der Waals surface area contributed by atoms with Crippen LogP contribution in [0.15, 0.2) is 16.6 Å². The van der Waals surface area contributed by atoms with Crippen LogP contribution in [0, 0.1) is 0 Å². The van der Waals surface area contributed by atoms with E-state index in [0.717, 1.165) is 42.6 Å². The Hall–Kier alpha value is -1.31. The number of nitrogens with one attached hydrogen (secondary N) is 2. The van der Waals surface area contributed by atoms with Crippen LogP contribution in [0.4, 0.5) is 0 Å². The topological polar surface area (TPSA) is 62.8 Å². The van der Waals surface area contributed by atoms with Crippen LogP contribution in [0.3, 0.4) is 0 Å². The number of amides is 1. The minimum atomic E-state index is -0.295. The van der Waals surface area contributed by atoms with E-state index in [1.54, 1.807) is 7.11 Å². The Morgan fingerprint density at radius 3 is 2.46 bits per heavy atom. The molecule has 0 aliphatic rings. The first-order valence-electron chi connectivity index (χ1n) is 9.94. The van der Waals surface area contributed by atoms with E-state index in [2.05, 4.69) is 45.3 Å². The summed E-state index contributed by atoms with van der Waals surface area (Å²) < 4.78 is 12.2. The number of hydrogen-bond acceptors (Lipinski definition) is 5. The maximum absolute atomic E-state index is 12.1. The summed E-state index contributed by atoms with van der Waals surface area (Å²) in [6.07, 6.45) is 1.08. The van der Waals surface area contributed by atoms with Gasteiger partial charge < -0.3 is 25.0 Å². The van der Waals surface area contributed by atoms with E-state index >= 15 is 0 Å². The first kappa shape index (κ1) is 24.7. The molecule has 0 atom stereocenters. The van der Waals surface area contributed by atoms with Gasteiger partial charge in [-0.15, -0.1) is 0 Å². The van der Waals surface area contributed by atoms with Gasteiger partial charge in [-0.25, -0.2) is 0 Å². The van der Waals surface area contributed by atoms with Crippen LogP contribution < -0.4 is 20.1 Å². The van der Waals surface area contributed by atoms with Gasteiger partial charge in [0.05, 0.1) is 7.11 Å². The highest BCUT2D eigenvalue weighted by atomic mass is 79.9. The van der Waals surface area contributed by atoms with Crippen LogP contribution in [-0.4, -0.2) is 56.2 Å². The third-order valence-corrected chi connectivity index (χ3v) is 5.02. The van der Waals surface area contributed by atoms with Crippen molar-refractivity contribution >= 4 is 21.8 Å². The van der Waals surface area contributed by atoms with Gasteiger partial charge in [0.25, 0.3) is 5.91 Å². The number of ether oxygens (including phenoxy) is 2. The number of rotatable bonds is 12. The van der Waals surface area contributed by atoms with Gasteiger partial charge in [0.15, 0.2) is 18.1 Å². The summed E-state index contributed by atoms with van der Waals surface area (Å²) in [7, 11) is 1.60. The third kappa shape index (κ3) is 8.80. The molecule has 0 unspecified atom stereocenters. The predicted octanol–water partition coefficient (Wildman–Crippen LogP) is 3.57. The van der Waals surface area contributed by atoms with Crippen LogP contribution in [-0.2, 0) is 11.3 Å². The standard InChI is InChI=1S/C21H36BrN3O3/c1-7-25(8-2)13-9-12-23-14-16-17(22)10-11-18(27-6)20(16)28-15-19(26)24-21(3,4)5/h10-11,23H,7-9,12-15H2,1-6H3,(H,24,26). The average Bonchev–Trinajstić information content (AvgIpc) is 2.63. The van der Waals surface area contributed by atoms with Gasteiger partial charge in [-0.1, -0.05) is 29.8 Å². The molecule has 6 nitrogen and oxygen atoms in total. The number of methoxy groups -OCH3 is 1. The second-order valence-corrected chi connectivity index (χ2v) is 8.56. The van der Waals surface area contributed by atoms with E-state index in [-0.39, 0.29) is 18.1 Å². The van der Waals surface area contributed by atoms with E-state index < -0.39 is 0 Å². The van der Waals surface area contributed by atoms with Gasteiger partial charge in [-0.05, 0) is 65.5 Å². The summed E-state index contributed by atoms with van der Waals surface area (Å²) in [5.74, 6) is 1.05. The third-order valence-electron chi connectivity index (χ3n) is 4.27. The number of benzene rings is 1. The molecule has 1 aromatic rings. The summed E-state index contributed by atoms with van der Waals surface area (Å²) in [6.45, 7) is 14.9. The van der Waals surface area contributed by atoms with Gasteiger partial charge in [0.1, 0.15) is 0 Å². The van der Waals surface area contributed by atoms with E-state index in [1.807, 2.05) is 32.9 Å². The molecule has 0 aliphatic carbocycles. The van der Waals surface area contributed by atoms with Crippen molar-refractivity contribution in [1.82, 2.24) is 15.5 Å². The largest absolute Gasteiger partial charge is 0.493 e. The zero-order valence-corrected chi connectivity index (χ0v) is 19.7. The molecule has 28 heavy (non-hydrogen) atoms. The molecule has 2 N–H and O–H groups in total. The Labute approximate surface area is 178 Å². The van der Waals surface area contributed by atoms with Crippen molar-refractivity contribution in [2.45, 2.75) is 53.1 Å². The Balaban J connectivity index is 2.72. The van der Waals surface area contributed by atoms with Crippen molar-refractivity contribution in [3.8, 4) is 11.5 Å². The molecule has 0 fully saturated rings. The van der Waals surface area contributed by atoms with Crippen molar-refractivity contribution in [1.29, 1.82) is 0 Å². The molecule has 1 aromatic carbocycles. The van der Waals surface area contributed by atoms with Crippen LogP contribution in [0.5, 0.6) is 11.5 Å². The number of hydrogen-bond donors (Lipinski definition) is 2. The molecule has 0 radical (unpaired) electrons. The van der Waals surface area contributed by atoms with E-state index in [1.165, 1.54) is 0 Å². The fourth-order valence-electron chi connectivity index (χ4n) is 2.84. The summed E-state index contributed by atoms with van der Waals surface area (Å²) in [5.41, 5.74) is 0.655. The zero-order chi connectivity index (χ0) is 21.2. The highest BCUT2D eigenvalue weighted by molar-refractivity contribution is 9.10. The van der Waals surface area contributed by atoms with Gasteiger partial charge in [0.2, 0.25) is 0 Å². The lowest BCUT2D eigenvalue weighted by atomic mass is 10.1. The molecule has 0 aromatic heterocycles. The van der Waals surface area contributed by atoms with Crippen molar-refractivity contribution in [2.75, 3.05) is 39.9 Å². The fourth-order valence-corrected chi connectivity index (χ4v) is 3.29. The van der Waals surface area contributed by atoms with Crippen molar-refractivity contribution in [3.05, 3.63) is 22.2 Å². The first-order chi connectivity index (χ1) is 13.2. The van der Waals surface area contributed by atoms with E-state index in [9.17, 15) is 4.79 Å². The molecule has 1 rings (SSSR count). The molecule has 7 heteroatoms. The number of nitrogens with zero attached hydrogens (tertiary/aromatic N) is 1. The lowest BCUT2D eigenvalue weighted by Crippen LogP contribution is -2.43. The van der Waals surface area contributed by atoms with Gasteiger partial charge in [-0.2, -0.15) is 0 Å². The Morgan fingerprint density at radius 1 is 1.21 bits per heavy atom. The van der Waals surface area contributed by atoms with Crippen LogP contribution in [0.25, 0.3) is 0 Å². The highest BCUT2D eigenvalue weighted by Crippen LogP contribution is 2.36. The fraction of sp³-hybridized carbons (Fsp3) is 0.667. The molecule has 0 spiro atoms. The van der Waals surface area contributed by atoms with Gasteiger partial charge in [0, 0.05) is 22.1 Å². The average molecular weight is 458 g/mol. The zero-order valence-electron chi connectivity index (χ0n) is 18.2. The second kappa shape index (κ2) is 12.3. The number of carbonyl (C=O) groups excluding carboxylic acids is 1. The molecule has 0 bridgehead atoms. The molecule has 160 valence electrons. The van der Waals surface area contributed by atoms with Gasteiger partial charge in [-0.3, -0.25) is 4.79 Å². The quantitative estimate of drug-likeness (QED) is 0.469. The van der Waals surface area contributed by atoms with E-state index in [4.69, 9.17) is 9.47 Å². The Bertz CT molecular complexity index is 614. The SMILES string of the molecule is CCN(CC)CCCNCc1c(Br)ccc(OC)c1OCC(=O)NC(C)(C)C. The molecule has 0 saturated heterocycles. The Morgan fingerprint density at radius 2 is 1.89 bits per heavy atom. The molecular weight excluding hydrogens is 422 g/mol. The Kier molecular flexibility index (Phi) is 10.9. The number of carbonyl (C=O) groups is 1. The lowest BCUT2D eigenvalue weighted by molar-refractivity contribution is -0.124.